The highest BCUT2D eigenvalue weighted by Crippen LogP contribution is 2.16. The van der Waals surface area contributed by atoms with Crippen LogP contribution in [0, 0.1) is 17.2 Å². The van der Waals surface area contributed by atoms with E-state index in [2.05, 4.69) is 37.6 Å². The van der Waals surface area contributed by atoms with Crippen LogP contribution in [0.5, 0.6) is 0 Å². The number of hydrogen-bond acceptors (Lipinski definition) is 3. The van der Waals surface area contributed by atoms with Crippen molar-refractivity contribution in [3.8, 4) is 0 Å². The maximum atomic E-state index is 7.54. The van der Waals surface area contributed by atoms with E-state index in [4.69, 9.17) is 11.1 Å². The predicted molar refractivity (Wildman–Crippen MR) is 86.4 cm³/mol. The molecule has 112 valence electrons. The van der Waals surface area contributed by atoms with Crippen molar-refractivity contribution in [2.45, 2.75) is 40.5 Å². The minimum absolute atomic E-state index is 0.0984. The van der Waals surface area contributed by atoms with Gasteiger partial charge in [0.15, 0.2) is 0 Å². The van der Waals surface area contributed by atoms with Crippen LogP contribution in [0.25, 0.3) is 0 Å². The molecule has 1 heterocycles. The lowest BCUT2D eigenvalue weighted by atomic mass is 10.1. The molecule has 1 aromatic heterocycles. The Bertz CT molecular complexity index is 414. The van der Waals surface area contributed by atoms with Gasteiger partial charge in [-0.2, -0.15) is 0 Å². The summed E-state index contributed by atoms with van der Waals surface area (Å²) in [6, 6.07) is 3.71. The van der Waals surface area contributed by atoms with Gasteiger partial charge in [-0.05, 0) is 36.8 Å². The highest BCUT2D eigenvalue weighted by atomic mass is 15.2. The molecule has 0 amide bonds. The fourth-order valence-electron chi connectivity index (χ4n) is 1.93. The molecule has 3 N–H and O–H groups in total. The summed E-state index contributed by atoms with van der Waals surface area (Å²) in [7, 11) is 0. The zero-order valence-corrected chi connectivity index (χ0v) is 13.2. The summed E-state index contributed by atoms with van der Waals surface area (Å²) in [5.74, 6) is 2.38. The van der Waals surface area contributed by atoms with Gasteiger partial charge < -0.3 is 10.6 Å². The van der Waals surface area contributed by atoms with Crippen molar-refractivity contribution < 1.29 is 0 Å². The Morgan fingerprint density at radius 1 is 1.20 bits per heavy atom. The van der Waals surface area contributed by atoms with Crippen LogP contribution < -0.4 is 10.6 Å². The number of anilines is 1. The maximum absolute atomic E-state index is 7.54. The smallest absolute Gasteiger partial charge is 0.129 e. The van der Waals surface area contributed by atoms with E-state index in [0.717, 1.165) is 37.3 Å². The van der Waals surface area contributed by atoms with E-state index < -0.39 is 0 Å². The highest BCUT2D eigenvalue weighted by molar-refractivity contribution is 5.95. The van der Waals surface area contributed by atoms with E-state index >= 15 is 0 Å². The van der Waals surface area contributed by atoms with Gasteiger partial charge in [0.2, 0.25) is 0 Å². The van der Waals surface area contributed by atoms with Gasteiger partial charge in [-0.3, -0.25) is 5.41 Å². The van der Waals surface area contributed by atoms with Crippen LogP contribution in [0.1, 0.15) is 46.1 Å². The lowest BCUT2D eigenvalue weighted by Gasteiger charge is -2.25. The number of rotatable bonds is 8. The van der Waals surface area contributed by atoms with Crippen LogP contribution in [0.3, 0.4) is 0 Å². The summed E-state index contributed by atoms with van der Waals surface area (Å²) in [5, 5.41) is 7.54. The molecular formula is C16H28N4. The van der Waals surface area contributed by atoms with Crippen LogP contribution in [0.2, 0.25) is 0 Å². The highest BCUT2D eigenvalue weighted by Gasteiger charge is 2.11. The first-order valence-corrected chi connectivity index (χ1v) is 7.45. The zero-order valence-electron chi connectivity index (χ0n) is 13.2. The van der Waals surface area contributed by atoms with Gasteiger partial charge in [0, 0.05) is 24.8 Å². The molecule has 1 aromatic rings. The van der Waals surface area contributed by atoms with Crippen molar-refractivity contribution in [2.24, 2.45) is 17.6 Å². The predicted octanol–water partition coefficient (Wildman–Crippen LogP) is 3.26. The molecule has 0 saturated carbocycles. The van der Waals surface area contributed by atoms with Crippen LogP contribution in [-0.4, -0.2) is 23.9 Å². The number of nitrogens with two attached hydrogens (primary N) is 1. The monoisotopic (exact) mass is 276 g/mol. The molecule has 0 spiro atoms. The fraction of sp³-hybridized carbons (Fsp3) is 0.625. The Labute approximate surface area is 122 Å². The van der Waals surface area contributed by atoms with Gasteiger partial charge in [0.05, 0.1) is 0 Å². The third kappa shape index (κ3) is 5.59. The third-order valence-corrected chi connectivity index (χ3v) is 3.33. The van der Waals surface area contributed by atoms with Crippen molar-refractivity contribution in [3.63, 3.8) is 0 Å². The average molecular weight is 276 g/mol. The fourth-order valence-corrected chi connectivity index (χ4v) is 1.93. The number of aromatic nitrogens is 1. The van der Waals surface area contributed by atoms with Gasteiger partial charge >= 0.3 is 0 Å². The van der Waals surface area contributed by atoms with E-state index in [1.807, 2.05) is 6.07 Å². The number of nitrogens with one attached hydrogen (secondary N) is 1. The summed E-state index contributed by atoms with van der Waals surface area (Å²) in [4.78, 5) is 6.76. The molecule has 0 saturated heterocycles. The second-order valence-corrected chi connectivity index (χ2v) is 6.17. The van der Waals surface area contributed by atoms with Gasteiger partial charge in [-0.15, -0.1) is 0 Å². The van der Waals surface area contributed by atoms with Gasteiger partial charge in [0.25, 0.3) is 0 Å². The molecule has 0 bridgehead atoms. The number of nitrogen functional groups attached to an aromatic ring is 1. The first-order valence-electron chi connectivity index (χ1n) is 7.45. The molecule has 0 atom stereocenters. The summed E-state index contributed by atoms with van der Waals surface area (Å²) in [6.07, 6.45) is 4.03. The van der Waals surface area contributed by atoms with Crippen LogP contribution in [0.4, 0.5) is 5.82 Å². The number of hydrogen-bond donors (Lipinski definition) is 2. The van der Waals surface area contributed by atoms with Crippen LogP contribution >= 0.6 is 0 Å². The summed E-state index contributed by atoms with van der Waals surface area (Å²) in [6.45, 7) is 10.9. The van der Waals surface area contributed by atoms with Gasteiger partial charge in [0.1, 0.15) is 11.7 Å². The second-order valence-electron chi connectivity index (χ2n) is 6.17. The van der Waals surface area contributed by atoms with E-state index in [9.17, 15) is 0 Å². The van der Waals surface area contributed by atoms with E-state index in [0.29, 0.717) is 11.8 Å². The molecule has 0 fully saturated rings. The Kier molecular flexibility index (Phi) is 6.49. The van der Waals surface area contributed by atoms with Gasteiger partial charge in [-0.25, -0.2) is 4.98 Å². The maximum Gasteiger partial charge on any atom is 0.129 e. The largest absolute Gasteiger partial charge is 0.384 e. The van der Waals surface area contributed by atoms with E-state index in [1.165, 1.54) is 0 Å². The normalized spacial score (nSPS) is 11.1. The Morgan fingerprint density at radius 3 is 2.20 bits per heavy atom. The van der Waals surface area contributed by atoms with Crippen molar-refractivity contribution in [1.82, 2.24) is 4.98 Å². The van der Waals surface area contributed by atoms with Crippen molar-refractivity contribution in [2.75, 3.05) is 18.0 Å². The first-order chi connectivity index (χ1) is 9.40. The number of pyridine rings is 1. The van der Waals surface area contributed by atoms with Crippen LogP contribution in [0.15, 0.2) is 18.3 Å². The topological polar surface area (TPSA) is 66.0 Å². The van der Waals surface area contributed by atoms with Crippen molar-refractivity contribution in [1.29, 1.82) is 5.41 Å². The molecule has 1 rings (SSSR count). The Hall–Kier alpha value is -1.58. The summed E-state index contributed by atoms with van der Waals surface area (Å²) in [5.41, 5.74) is 6.31. The Balaban J connectivity index is 2.84. The van der Waals surface area contributed by atoms with Crippen LogP contribution in [-0.2, 0) is 0 Å². The van der Waals surface area contributed by atoms with Gasteiger partial charge in [-0.1, -0.05) is 27.7 Å². The average Bonchev–Trinajstić information content (AvgIpc) is 2.38. The summed E-state index contributed by atoms with van der Waals surface area (Å²) < 4.78 is 0. The first kappa shape index (κ1) is 16.5. The van der Waals surface area contributed by atoms with E-state index in [-0.39, 0.29) is 5.84 Å². The molecular weight excluding hydrogens is 248 g/mol. The SMILES string of the molecule is CC(C)CCN(CCC(C)C)c1cc(C(=N)N)ccn1. The van der Waals surface area contributed by atoms with E-state index in [1.54, 1.807) is 12.3 Å². The number of amidine groups is 1. The Morgan fingerprint density at radius 2 is 1.75 bits per heavy atom. The molecule has 0 aliphatic rings. The second kappa shape index (κ2) is 7.88. The lowest BCUT2D eigenvalue weighted by Crippen LogP contribution is -2.28. The molecule has 20 heavy (non-hydrogen) atoms. The molecule has 0 aliphatic heterocycles. The number of nitrogens with zero attached hydrogens (tertiary/aromatic N) is 2. The minimum Gasteiger partial charge on any atom is -0.384 e. The molecule has 0 unspecified atom stereocenters. The van der Waals surface area contributed by atoms with Crippen molar-refractivity contribution >= 4 is 11.7 Å². The zero-order chi connectivity index (χ0) is 15.1. The quantitative estimate of drug-likeness (QED) is 0.565. The summed E-state index contributed by atoms with van der Waals surface area (Å²) >= 11 is 0. The molecule has 4 heteroatoms. The molecule has 0 aliphatic carbocycles. The lowest BCUT2D eigenvalue weighted by molar-refractivity contribution is 0.533. The molecule has 0 radical (unpaired) electrons. The molecule has 4 nitrogen and oxygen atoms in total. The molecule has 0 aromatic carbocycles. The standard InChI is InChI=1S/C16H28N4/c1-12(2)6-9-20(10-7-13(3)4)15-11-14(16(17)18)5-8-19-15/h5,8,11-13H,6-7,9-10H2,1-4H3,(H3,17,18). The third-order valence-electron chi connectivity index (χ3n) is 3.33. The van der Waals surface area contributed by atoms with Crippen molar-refractivity contribution in [3.05, 3.63) is 23.9 Å². The minimum atomic E-state index is 0.0984.